The second-order valence-electron chi connectivity index (χ2n) is 11.0. The highest BCUT2D eigenvalue weighted by atomic mass is 15.0. The lowest BCUT2D eigenvalue weighted by molar-refractivity contribution is 1.19. The van der Waals surface area contributed by atoms with Gasteiger partial charge in [0.2, 0.25) is 0 Å². The highest BCUT2D eigenvalue weighted by Gasteiger charge is 2.15. The van der Waals surface area contributed by atoms with E-state index in [0.717, 1.165) is 0 Å². The molecule has 0 amide bonds. The van der Waals surface area contributed by atoms with E-state index in [0.29, 0.717) is 0 Å². The van der Waals surface area contributed by atoms with E-state index >= 15 is 0 Å². The van der Waals surface area contributed by atoms with Crippen molar-refractivity contribution in [2.75, 3.05) is 0 Å². The molecule has 8 aromatic carbocycles. The Morgan fingerprint density at radius 3 is 1.85 bits per heavy atom. The molecule has 0 saturated carbocycles. The van der Waals surface area contributed by atoms with Crippen LogP contribution < -0.4 is 0 Å². The van der Waals surface area contributed by atoms with Crippen LogP contribution in [0.3, 0.4) is 0 Å². The average molecular weight is 520 g/mol. The van der Waals surface area contributed by atoms with E-state index < -0.39 is 0 Å². The minimum atomic E-state index is 1.19. The number of para-hydroxylation sites is 1. The van der Waals surface area contributed by atoms with E-state index in [1.807, 2.05) is 0 Å². The first-order chi connectivity index (χ1) is 20.3. The van der Waals surface area contributed by atoms with Gasteiger partial charge in [0.25, 0.3) is 0 Å². The molecule has 1 heteroatoms. The van der Waals surface area contributed by atoms with Crippen molar-refractivity contribution in [3.05, 3.63) is 152 Å². The van der Waals surface area contributed by atoms with Crippen molar-refractivity contribution >= 4 is 64.9 Å². The number of aromatic nitrogens is 1. The normalized spacial score (nSPS) is 11.9. The summed E-state index contributed by atoms with van der Waals surface area (Å²) in [6.45, 7) is 0. The van der Waals surface area contributed by atoms with Crippen LogP contribution in [0.5, 0.6) is 0 Å². The van der Waals surface area contributed by atoms with Crippen LogP contribution in [-0.4, -0.2) is 4.57 Å². The monoisotopic (exact) mass is 519 g/mol. The molecule has 0 aliphatic rings. The van der Waals surface area contributed by atoms with Crippen molar-refractivity contribution in [3.63, 3.8) is 0 Å². The first-order valence-corrected chi connectivity index (χ1v) is 14.2. The Bertz CT molecular complexity index is 2480. The van der Waals surface area contributed by atoms with Gasteiger partial charge in [0.05, 0.1) is 11.0 Å². The molecule has 0 N–H and O–H groups in total. The molecule has 9 rings (SSSR count). The van der Waals surface area contributed by atoms with Gasteiger partial charge in [-0.15, -0.1) is 0 Å². The van der Waals surface area contributed by atoms with E-state index in [-0.39, 0.29) is 0 Å². The highest BCUT2D eigenvalue weighted by molar-refractivity contribution is 6.21. The lowest BCUT2D eigenvalue weighted by Crippen LogP contribution is -1.93. The SMILES string of the molecule is c1ccc2cc(-n3c4ccccc4c4c5ccc(-c6ccc7ccc8ccccc8c7c6)cc5ccc43)ccc2c1. The molecule has 0 fully saturated rings. The number of hydrogen-bond acceptors (Lipinski definition) is 0. The largest absolute Gasteiger partial charge is 0.309 e. The molecule has 1 aromatic heterocycles. The van der Waals surface area contributed by atoms with Gasteiger partial charge < -0.3 is 4.57 Å². The fraction of sp³-hybridized carbons (Fsp3) is 0. The number of nitrogens with zero attached hydrogens (tertiary/aromatic N) is 1. The van der Waals surface area contributed by atoms with Crippen LogP contribution in [0.1, 0.15) is 0 Å². The molecule has 190 valence electrons. The topological polar surface area (TPSA) is 4.93 Å². The molecule has 1 heterocycles. The summed E-state index contributed by atoms with van der Waals surface area (Å²) in [5.41, 5.74) is 6.14. The van der Waals surface area contributed by atoms with E-state index in [9.17, 15) is 0 Å². The zero-order valence-corrected chi connectivity index (χ0v) is 22.4. The fourth-order valence-corrected chi connectivity index (χ4v) is 6.75. The smallest absolute Gasteiger partial charge is 0.0547 e. The summed E-state index contributed by atoms with van der Waals surface area (Å²) < 4.78 is 2.42. The predicted octanol–water partition coefficient (Wildman–Crippen LogP) is 11.1. The molecule has 0 radical (unpaired) electrons. The van der Waals surface area contributed by atoms with Gasteiger partial charge >= 0.3 is 0 Å². The van der Waals surface area contributed by atoms with Gasteiger partial charge in [0.15, 0.2) is 0 Å². The molecule has 1 nitrogen and oxygen atoms in total. The van der Waals surface area contributed by atoms with Gasteiger partial charge in [-0.05, 0) is 90.6 Å². The third-order valence-electron chi connectivity index (χ3n) is 8.72. The summed E-state index contributed by atoms with van der Waals surface area (Å²) in [6.07, 6.45) is 0. The second-order valence-corrected chi connectivity index (χ2v) is 11.0. The molecule has 0 aliphatic carbocycles. The third-order valence-corrected chi connectivity index (χ3v) is 8.72. The first-order valence-electron chi connectivity index (χ1n) is 14.2. The van der Waals surface area contributed by atoms with Crippen molar-refractivity contribution in [2.24, 2.45) is 0 Å². The van der Waals surface area contributed by atoms with Gasteiger partial charge in [0, 0.05) is 16.5 Å². The lowest BCUT2D eigenvalue weighted by Gasteiger charge is -2.11. The maximum absolute atomic E-state index is 2.42. The van der Waals surface area contributed by atoms with E-state index in [4.69, 9.17) is 0 Å². The molecule has 0 unspecified atom stereocenters. The Morgan fingerprint density at radius 2 is 0.951 bits per heavy atom. The zero-order chi connectivity index (χ0) is 26.9. The van der Waals surface area contributed by atoms with Crippen LogP contribution in [-0.2, 0) is 0 Å². The van der Waals surface area contributed by atoms with Crippen LogP contribution in [0.2, 0.25) is 0 Å². The van der Waals surface area contributed by atoms with Crippen LogP contribution in [0.4, 0.5) is 0 Å². The Kier molecular flexibility index (Phi) is 4.67. The highest BCUT2D eigenvalue weighted by Crippen LogP contribution is 2.39. The van der Waals surface area contributed by atoms with Gasteiger partial charge in [-0.3, -0.25) is 0 Å². The van der Waals surface area contributed by atoms with E-state index in [1.165, 1.54) is 81.7 Å². The zero-order valence-electron chi connectivity index (χ0n) is 22.4. The van der Waals surface area contributed by atoms with Crippen molar-refractivity contribution < 1.29 is 0 Å². The number of benzene rings is 8. The van der Waals surface area contributed by atoms with Crippen LogP contribution in [0.15, 0.2) is 152 Å². The second kappa shape index (κ2) is 8.55. The van der Waals surface area contributed by atoms with Crippen molar-refractivity contribution in [1.29, 1.82) is 0 Å². The number of rotatable bonds is 2. The lowest BCUT2D eigenvalue weighted by atomic mass is 9.95. The Balaban J connectivity index is 1.26. The van der Waals surface area contributed by atoms with Crippen LogP contribution >= 0.6 is 0 Å². The van der Waals surface area contributed by atoms with Gasteiger partial charge in [-0.1, -0.05) is 115 Å². The first kappa shape index (κ1) is 22.4. The van der Waals surface area contributed by atoms with Gasteiger partial charge in [-0.25, -0.2) is 0 Å². The summed E-state index contributed by atoms with van der Waals surface area (Å²) >= 11 is 0. The Hall–Kier alpha value is -5.40. The van der Waals surface area contributed by atoms with Crippen molar-refractivity contribution in [3.8, 4) is 16.8 Å². The van der Waals surface area contributed by atoms with Gasteiger partial charge in [-0.2, -0.15) is 0 Å². The summed E-state index contributed by atoms with van der Waals surface area (Å²) in [5.74, 6) is 0. The minimum Gasteiger partial charge on any atom is -0.309 e. The molecule has 9 aromatic rings. The quantitative estimate of drug-likeness (QED) is 0.200. The molecule has 0 saturated heterocycles. The summed E-state index contributed by atoms with van der Waals surface area (Å²) in [5, 5.41) is 12.8. The molecule has 0 bridgehead atoms. The molecular formula is C40H25N. The van der Waals surface area contributed by atoms with E-state index in [1.54, 1.807) is 0 Å². The maximum atomic E-state index is 2.42. The standard InChI is InChI=1S/C40H25N/c1-2-9-29-24-33(20-17-26(29)7-1)41-38-12-6-5-11-36(38)40-35-21-18-30(23-32(35)19-22-39(40)41)31-16-15-28-14-13-27-8-3-4-10-34(27)37(28)25-31/h1-25H. The van der Waals surface area contributed by atoms with Gasteiger partial charge in [0.1, 0.15) is 0 Å². The van der Waals surface area contributed by atoms with Crippen molar-refractivity contribution in [2.45, 2.75) is 0 Å². The summed E-state index contributed by atoms with van der Waals surface area (Å²) in [4.78, 5) is 0. The number of fused-ring (bicyclic) bond motifs is 9. The Labute approximate surface area is 237 Å². The molecule has 0 atom stereocenters. The van der Waals surface area contributed by atoms with Crippen molar-refractivity contribution in [1.82, 2.24) is 4.57 Å². The summed E-state index contributed by atoms with van der Waals surface area (Å²) in [6, 6.07) is 55.6. The summed E-state index contributed by atoms with van der Waals surface area (Å²) in [7, 11) is 0. The molecular weight excluding hydrogens is 494 g/mol. The predicted molar refractivity (Wildman–Crippen MR) is 176 cm³/mol. The average Bonchev–Trinajstić information content (AvgIpc) is 3.39. The maximum Gasteiger partial charge on any atom is 0.0547 e. The third kappa shape index (κ3) is 3.36. The van der Waals surface area contributed by atoms with E-state index in [2.05, 4.69) is 156 Å². The van der Waals surface area contributed by atoms with Crippen LogP contribution in [0.25, 0.3) is 81.7 Å². The molecule has 0 spiro atoms. The number of hydrogen-bond donors (Lipinski definition) is 0. The molecule has 0 aliphatic heterocycles. The van der Waals surface area contributed by atoms with Crippen LogP contribution in [0, 0.1) is 0 Å². The Morgan fingerprint density at radius 1 is 0.317 bits per heavy atom. The molecule has 41 heavy (non-hydrogen) atoms. The fourth-order valence-electron chi connectivity index (χ4n) is 6.75. The minimum absolute atomic E-state index is 1.19.